The summed E-state index contributed by atoms with van der Waals surface area (Å²) in [7, 11) is 0. The first-order valence-corrected chi connectivity index (χ1v) is 22.6. The Morgan fingerprint density at radius 3 is 1.07 bits per heavy atom. The van der Waals surface area contributed by atoms with Gasteiger partial charge in [0, 0.05) is 53.4 Å². The number of benzene rings is 8. The first-order valence-electron chi connectivity index (χ1n) is 22.6. The van der Waals surface area contributed by atoms with E-state index < -0.39 is 0 Å². The topological polar surface area (TPSA) is 90.1 Å². The number of anilines is 6. The Kier molecular flexibility index (Phi) is 11.1. The smallest absolute Gasteiger partial charge is 0.151 e. The van der Waals surface area contributed by atoms with Gasteiger partial charge in [0.05, 0.1) is 22.7 Å². The van der Waals surface area contributed by atoms with Crippen molar-refractivity contribution in [1.29, 1.82) is 0 Å². The average Bonchev–Trinajstić information content (AvgIpc) is 3.30. The van der Waals surface area contributed by atoms with E-state index in [-0.39, 0.29) is 16.9 Å². The van der Waals surface area contributed by atoms with Gasteiger partial charge < -0.3 is 29.5 Å². The predicted molar refractivity (Wildman–Crippen MR) is 274 cm³/mol. The minimum absolute atomic E-state index is 0.171. The van der Waals surface area contributed by atoms with Crippen molar-refractivity contribution in [3.05, 3.63) is 191 Å². The quantitative estimate of drug-likeness (QED) is 0.133. The summed E-state index contributed by atoms with van der Waals surface area (Å²) in [6, 6.07) is 52.7. The molecule has 2 aliphatic heterocycles. The number of fused-ring (bicyclic) bond motifs is 4. The molecule has 0 spiro atoms. The number of nitrogens with zero attached hydrogens (tertiary/aromatic N) is 4. The van der Waals surface area contributed by atoms with E-state index in [1.165, 1.54) is 0 Å². The molecule has 8 aromatic carbocycles. The fourth-order valence-electron chi connectivity index (χ4n) is 9.46. The summed E-state index contributed by atoms with van der Waals surface area (Å²) in [5, 5.41) is 22.4. The van der Waals surface area contributed by atoms with Gasteiger partial charge in [-0.1, -0.05) is 74.5 Å². The standard InChI is InChI=1S/C59H52N4O4/c1-37-27-45(62-47-15-7-11-19-53(47)66-54-20-12-8-16-48(54)62)28-38(2)57(37)41-23-25-43(51(64)31-41)33-60-35-59(5,6)36-61-34-44-26-24-42(32-52(44)65)58-39(3)29-46(30-40(58)4)63-49-17-9-13-21-55(49)67-56-22-14-10-18-50(56)63/h7-34,64-65H,35-36H2,1-6H3. The molecule has 8 nitrogen and oxygen atoms in total. The zero-order chi connectivity index (χ0) is 46.4. The van der Waals surface area contributed by atoms with E-state index in [4.69, 9.17) is 19.5 Å². The number of aromatic hydroxyl groups is 2. The van der Waals surface area contributed by atoms with E-state index >= 15 is 0 Å². The third-order valence-electron chi connectivity index (χ3n) is 12.6. The number of hydrogen-bond acceptors (Lipinski definition) is 8. The lowest BCUT2D eigenvalue weighted by Crippen LogP contribution is -2.19. The van der Waals surface area contributed by atoms with Crippen molar-refractivity contribution in [3.8, 4) is 56.8 Å². The van der Waals surface area contributed by atoms with Crippen LogP contribution >= 0.6 is 0 Å². The first-order chi connectivity index (χ1) is 32.4. The molecule has 8 heteroatoms. The van der Waals surface area contributed by atoms with Gasteiger partial charge in [-0.25, -0.2) is 0 Å². The molecule has 0 aliphatic carbocycles. The van der Waals surface area contributed by atoms with Gasteiger partial charge in [-0.05, 0) is 169 Å². The lowest BCUT2D eigenvalue weighted by Gasteiger charge is -2.33. The first kappa shape index (κ1) is 42.8. The summed E-state index contributed by atoms with van der Waals surface area (Å²) in [6.07, 6.45) is 3.47. The number of para-hydroxylation sites is 8. The molecule has 10 rings (SSSR count). The van der Waals surface area contributed by atoms with Crippen molar-refractivity contribution in [3.63, 3.8) is 0 Å². The highest BCUT2D eigenvalue weighted by Gasteiger charge is 2.28. The van der Waals surface area contributed by atoms with Crippen molar-refractivity contribution < 1.29 is 19.7 Å². The van der Waals surface area contributed by atoms with Crippen LogP contribution in [0.2, 0.25) is 0 Å². The third kappa shape index (κ3) is 8.27. The normalized spacial score (nSPS) is 12.9. The largest absolute Gasteiger partial charge is 0.507 e. The summed E-state index contributed by atoms with van der Waals surface area (Å²) >= 11 is 0. The highest BCUT2D eigenvalue weighted by atomic mass is 16.5. The molecule has 2 N–H and O–H groups in total. The molecule has 0 fully saturated rings. The molecule has 2 heterocycles. The number of aryl methyl sites for hydroxylation is 4. The molecular formula is C59H52N4O4. The predicted octanol–water partition coefficient (Wildman–Crippen LogP) is 15.4. The van der Waals surface area contributed by atoms with Gasteiger partial charge in [0.25, 0.3) is 0 Å². The molecule has 332 valence electrons. The molecule has 8 aromatic rings. The number of phenols is 2. The number of phenolic OH excluding ortho intramolecular Hbond substituents is 2. The van der Waals surface area contributed by atoms with Gasteiger partial charge in [-0.3, -0.25) is 9.98 Å². The number of ether oxygens (including phenoxy) is 2. The maximum Gasteiger partial charge on any atom is 0.151 e. The van der Waals surface area contributed by atoms with Crippen LogP contribution in [0.5, 0.6) is 34.5 Å². The van der Waals surface area contributed by atoms with E-state index in [1.54, 1.807) is 12.4 Å². The maximum atomic E-state index is 11.2. The van der Waals surface area contributed by atoms with E-state index in [0.717, 1.165) is 102 Å². The molecule has 0 saturated heterocycles. The van der Waals surface area contributed by atoms with Crippen LogP contribution < -0.4 is 19.3 Å². The van der Waals surface area contributed by atoms with Crippen LogP contribution in [0.1, 0.15) is 47.2 Å². The van der Waals surface area contributed by atoms with Crippen LogP contribution in [0.3, 0.4) is 0 Å². The molecule has 0 unspecified atom stereocenters. The SMILES string of the molecule is Cc1cc(N2c3ccccc3Oc3ccccc32)cc(C)c1-c1ccc(C=NCC(C)(C)CN=Cc2ccc(-c3c(C)cc(N4c5ccccc5Oc5ccccc54)cc3C)cc2O)c(O)c1. The third-order valence-corrected chi connectivity index (χ3v) is 12.6. The molecule has 67 heavy (non-hydrogen) atoms. The van der Waals surface area contributed by atoms with Gasteiger partial charge in [-0.2, -0.15) is 0 Å². The molecule has 0 bridgehead atoms. The molecule has 0 amide bonds. The van der Waals surface area contributed by atoms with E-state index in [0.29, 0.717) is 24.2 Å². The van der Waals surface area contributed by atoms with E-state index in [2.05, 4.69) is 99.9 Å². The highest BCUT2D eigenvalue weighted by molar-refractivity contribution is 5.91. The number of hydrogen-bond donors (Lipinski definition) is 2. The maximum absolute atomic E-state index is 11.2. The Morgan fingerprint density at radius 1 is 0.448 bits per heavy atom. The van der Waals surface area contributed by atoms with Crippen LogP contribution in [0.15, 0.2) is 168 Å². The number of aliphatic imine (C=N–C) groups is 2. The van der Waals surface area contributed by atoms with Crippen LogP contribution in [0.4, 0.5) is 34.1 Å². The average molecular weight is 881 g/mol. The zero-order valence-electron chi connectivity index (χ0n) is 38.6. The van der Waals surface area contributed by atoms with E-state index in [1.807, 2.05) is 109 Å². The molecule has 0 saturated carbocycles. The van der Waals surface area contributed by atoms with Crippen LogP contribution in [-0.2, 0) is 0 Å². The van der Waals surface area contributed by atoms with Gasteiger partial charge in [-0.15, -0.1) is 0 Å². The molecule has 0 aromatic heterocycles. The van der Waals surface area contributed by atoms with Gasteiger partial charge in [0.1, 0.15) is 11.5 Å². The molecular weight excluding hydrogens is 829 g/mol. The highest BCUT2D eigenvalue weighted by Crippen LogP contribution is 2.52. The minimum atomic E-state index is -0.271. The lowest BCUT2D eigenvalue weighted by molar-refractivity contribution is 0.396. The summed E-state index contributed by atoms with van der Waals surface area (Å²) < 4.78 is 12.5. The molecule has 2 aliphatic rings. The van der Waals surface area contributed by atoms with Crippen molar-refractivity contribution in [2.24, 2.45) is 15.4 Å². The van der Waals surface area contributed by atoms with Crippen molar-refractivity contribution in [2.45, 2.75) is 41.5 Å². The summed E-state index contributed by atoms with van der Waals surface area (Å²) in [5.74, 6) is 3.60. The second kappa shape index (κ2) is 17.4. The zero-order valence-corrected chi connectivity index (χ0v) is 38.6. The Morgan fingerprint density at radius 2 is 0.761 bits per heavy atom. The fraction of sp³-hybridized carbons (Fsp3) is 0.153. The van der Waals surface area contributed by atoms with Crippen molar-refractivity contribution in [1.82, 2.24) is 0 Å². The van der Waals surface area contributed by atoms with Crippen molar-refractivity contribution in [2.75, 3.05) is 22.9 Å². The lowest BCUT2D eigenvalue weighted by atomic mass is 9.93. The Labute approximate surface area is 392 Å². The van der Waals surface area contributed by atoms with E-state index in [9.17, 15) is 10.2 Å². The van der Waals surface area contributed by atoms with Gasteiger partial charge in [0.15, 0.2) is 23.0 Å². The minimum Gasteiger partial charge on any atom is -0.507 e. The van der Waals surface area contributed by atoms with Crippen LogP contribution in [0.25, 0.3) is 22.3 Å². The summed E-state index contributed by atoms with van der Waals surface area (Å²) in [6.45, 7) is 13.7. The van der Waals surface area contributed by atoms with Crippen molar-refractivity contribution >= 4 is 46.6 Å². The summed E-state index contributed by atoms with van der Waals surface area (Å²) in [4.78, 5) is 14.0. The van der Waals surface area contributed by atoms with Crippen LogP contribution in [-0.4, -0.2) is 35.7 Å². The Hall–Kier alpha value is -8.10. The Bertz CT molecular complexity index is 2930. The number of rotatable bonds is 10. The van der Waals surface area contributed by atoms with Gasteiger partial charge in [0.2, 0.25) is 0 Å². The monoisotopic (exact) mass is 880 g/mol. The van der Waals surface area contributed by atoms with Gasteiger partial charge >= 0.3 is 0 Å². The second-order valence-corrected chi connectivity index (χ2v) is 18.3. The van der Waals surface area contributed by atoms with Crippen LogP contribution in [0, 0.1) is 33.1 Å². The Balaban J connectivity index is 0.799. The fourth-order valence-corrected chi connectivity index (χ4v) is 9.46. The molecule has 0 radical (unpaired) electrons. The molecule has 0 atom stereocenters. The summed E-state index contributed by atoms with van der Waals surface area (Å²) in [5.41, 5.74) is 15.5. The second-order valence-electron chi connectivity index (χ2n) is 18.3.